The number of hydrogen-bond donors (Lipinski definition) is 0. The second-order valence-electron chi connectivity index (χ2n) is 6.77. The second-order valence-corrected chi connectivity index (χ2v) is 10.5. The van der Waals surface area contributed by atoms with Crippen LogP contribution >= 0.6 is 45.2 Å². The summed E-state index contributed by atoms with van der Waals surface area (Å²) >= 11 is 3.97. The van der Waals surface area contributed by atoms with Gasteiger partial charge in [-0.25, -0.2) is 0 Å². The van der Waals surface area contributed by atoms with E-state index in [4.69, 9.17) is 9.47 Å². The van der Waals surface area contributed by atoms with Gasteiger partial charge in [0.15, 0.2) is 6.10 Å². The van der Waals surface area contributed by atoms with Crippen LogP contribution in [0.2, 0.25) is 0 Å². The highest BCUT2D eigenvalue weighted by molar-refractivity contribution is 14.1. The Hall–Kier alpha value is -0.460. The summed E-state index contributed by atoms with van der Waals surface area (Å²) in [6, 6.07) is -0.715. The number of rotatable bonds is 14. The number of alkyl halides is 2. The average Bonchev–Trinajstić information content (AvgIpc) is 2.68. The molecule has 7 nitrogen and oxygen atoms in total. The molecule has 0 radical (unpaired) electrons. The Balaban J connectivity index is 5.39. The van der Waals surface area contributed by atoms with E-state index in [1.807, 2.05) is 65.1 Å². The topological polar surface area (TPSA) is 91.0 Å². The predicted molar refractivity (Wildman–Crippen MR) is 131 cm³/mol. The number of halogens is 2. The summed E-state index contributed by atoms with van der Waals surface area (Å²) < 4.78 is 10.4. The van der Waals surface area contributed by atoms with Gasteiger partial charge in [-0.3, -0.25) is 9.59 Å². The van der Waals surface area contributed by atoms with Crippen molar-refractivity contribution >= 4 is 57.1 Å². The van der Waals surface area contributed by atoms with E-state index in [1.165, 1.54) is 0 Å². The third kappa shape index (κ3) is 12.1. The van der Waals surface area contributed by atoms with Gasteiger partial charge in [0, 0.05) is 0 Å². The van der Waals surface area contributed by atoms with Gasteiger partial charge in [0.1, 0.15) is 20.5 Å². The van der Waals surface area contributed by atoms with E-state index in [2.05, 4.69) is 12.0 Å². The monoisotopic (exact) mass is 636 g/mol. The lowest BCUT2D eigenvalue weighted by Gasteiger charge is -2.22. The molecule has 5 atom stereocenters. The minimum Gasteiger partial charge on any atom is -0.599 e. The number of allylic oxidation sites excluding steroid dienone is 1. The molecule has 0 aromatic heterocycles. The molecule has 5 unspecified atom stereocenters. The van der Waals surface area contributed by atoms with Gasteiger partial charge in [-0.2, -0.15) is 0 Å². The van der Waals surface area contributed by atoms with Crippen LogP contribution in [-0.4, -0.2) is 49.4 Å². The Labute approximate surface area is 201 Å². The van der Waals surface area contributed by atoms with Crippen LogP contribution in [0.1, 0.15) is 66.7 Å². The maximum atomic E-state index is 12.8. The Morgan fingerprint density at radius 2 is 1.66 bits per heavy atom. The van der Waals surface area contributed by atoms with Crippen molar-refractivity contribution in [1.82, 2.24) is 0 Å². The number of hydrogen-bond acceptors (Lipinski definition) is 6. The fourth-order valence-corrected chi connectivity index (χ4v) is 2.60. The first-order chi connectivity index (χ1) is 13.7. The molecule has 29 heavy (non-hydrogen) atoms. The number of unbranched alkanes of at least 4 members (excludes halogenated alkanes) is 2. The summed E-state index contributed by atoms with van der Waals surface area (Å²) in [5.41, 5.74) is 0. The first kappa shape index (κ1) is 28.5. The maximum absolute atomic E-state index is 12.8. The molecule has 0 aliphatic heterocycles. The molecule has 168 valence electrons. The molecule has 0 aliphatic carbocycles. The molecule has 0 fully saturated rings. The number of carbonyl (C=O) groups is 2. The van der Waals surface area contributed by atoms with Gasteiger partial charge < -0.3 is 14.7 Å². The molecule has 0 saturated heterocycles. The molecular formula is C20H34I2N2O5. The predicted octanol–water partition coefficient (Wildman–Crippen LogP) is 5.35. The van der Waals surface area contributed by atoms with E-state index in [-0.39, 0.29) is 26.3 Å². The minimum atomic E-state index is -0.715. The molecule has 0 heterocycles. The zero-order valence-electron chi connectivity index (χ0n) is 18.0. The van der Waals surface area contributed by atoms with E-state index in [9.17, 15) is 14.8 Å². The fourth-order valence-electron chi connectivity index (χ4n) is 2.31. The minimum absolute atomic E-state index is 0.0709. The summed E-state index contributed by atoms with van der Waals surface area (Å²) in [6.07, 6.45) is 6.61. The highest BCUT2D eigenvalue weighted by Crippen LogP contribution is 2.15. The SMILES string of the molecule is CCCC/C=C/C(C(CC)OC(=O)C(C)I)[N+]([O-])=NCC(CC)OC(=O)C(C)I. The molecular weight excluding hydrogens is 602 g/mol. The molecule has 0 rings (SSSR count). The van der Waals surface area contributed by atoms with Gasteiger partial charge in [-0.15, -0.1) is 0 Å². The number of azo groups is 1. The first-order valence-electron chi connectivity index (χ1n) is 10.2. The van der Waals surface area contributed by atoms with Crippen molar-refractivity contribution < 1.29 is 23.9 Å². The smallest absolute Gasteiger partial charge is 0.319 e. The van der Waals surface area contributed by atoms with Crippen LogP contribution in [-0.2, 0) is 19.1 Å². The molecule has 0 bridgehead atoms. The average molecular weight is 636 g/mol. The largest absolute Gasteiger partial charge is 0.599 e. The molecule has 0 spiro atoms. The van der Waals surface area contributed by atoms with Crippen LogP contribution in [0.25, 0.3) is 0 Å². The van der Waals surface area contributed by atoms with Gasteiger partial charge in [0.05, 0.1) is 0 Å². The zero-order valence-corrected chi connectivity index (χ0v) is 22.3. The summed E-state index contributed by atoms with van der Waals surface area (Å²) in [7, 11) is 0. The van der Waals surface area contributed by atoms with Crippen molar-refractivity contribution in [2.45, 2.75) is 92.8 Å². The van der Waals surface area contributed by atoms with Crippen LogP contribution in [0.5, 0.6) is 0 Å². The lowest BCUT2D eigenvalue weighted by Crippen LogP contribution is -2.37. The number of hydroxylamine groups is 1. The van der Waals surface area contributed by atoms with E-state index >= 15 is 0 Å². The Morgan fingerprint density at radius 3 is 2.14 bits per heavy atom. The van der Waals surface area contributed by atoms with E-state index in [0.717, 1.165) is 19.3 Å². The van der Waals surface area contributed by atoms with Crippen LogP contribution in [0.15, 0.2) is 17.3 Å². The van der Waals surface area contributed by atoms with E-state index in [1.54, 1.807) is 19.9 Å². The molecule has 9 heteroatoms. The summed E-state index contributed by atoms with van der Waals surface area (Å²) in [6.45, 7) is 9.41. The number of nitrogens with zero attached hydrogens (tertiary/aromatic N) is 2. The van der Waals surface area contributed by atoms with Gasteiger partial charge in [0.2, 0.25) is 6.04 Å². The van der Waals surface area contributed by atoms with Crippen LogP contribution in [0.4, 0.5) is 0 Å². The highest BCUT2D eigenvalue weighted by atomic mass is 127. The number of ether oxygens (including phenoxy) is 2. The van der Waals surface area contributed by atoms with Crippen molar-refractivity contribution in [1.29, 1.82) is 0 Å². The lowest BCUT2D eigenvalue weighted by molar-refractivity contribution is -0.567. The first-order valence-corrected chi connectivity index (χ1v) is 12.7. The fraction of sp³-hybridized carbons (Fsp3) is 0.800. The van der Waals surface area contributed by atoms with Crippen LogP contribution in [0.3, 0.4) is 0 Å². The molecule has 0 amide bonds. The highest BCUT2D eigenvalue weighted by Gasteiger charge is 2.31. The van der Waals surface area contributed by atoms with Crippen molar-refractivity contribution in [3.05, 3.63) is 17.4 Å². The lowest BCUT2D eigenvalue weighted by atomic mass is 10.1. The van der Waals surface area contributed by atoms with Gasteiger partial charge in [0.25, 0.3) is 0 Å². The molecule has 0 N–H and O–H groups in total. The van der Waals surface area contributed by atoms with Crippen molar-refractivity contribution in [2.75, 3.05) is 6.54 Å². The normalized spacial score (nSPS) is 17.4. The van der Waals surface area contributed by atoms with Crippen molar-refractivity contribution in [3.63, 3.8) is 0 Å². The van der Waals surface area contributed by atoms with E-state index < -0.39 is 18.2 Å². The quantitative estimate of drug-likeness (QED) is 0.0375. The summed E-state index contributed by atoms with van der Waals surface area (Å²) in [5, 5.41) is 16.8. The van der Waals surface area contributed by atoms with Gasteiger partial charge in [-0.1, -0.05) is 89.7 Å². The van der Waals surface area contributed by atoms with Crippen LogP contribution in [0, 0.1) is 5.21 Å². The van der Waals surface area contributed by atoms with Gasteiger partial charge in [-0.05, 0) is 44.3 Å². The standard InChI is InChI=1S/C20H34I2N2O5/c1-6-9-10-11-12-17(18(8-3)29-20(26)15(5)22)24(27)23-13-16(7-2)28-19(25)14(4)21/h11-12,14-18H,6-10,13H2,1-5H3/b12-11+,24-23?. The molecule has 0 aliphatic rings. The second kappa shape index (κ2) is 16.3. The Bertz CT molecular complexity index is 553. The third-order valence-corrected chi connectivity index (χ3v) is 5.19. The molecule has 0 aromatic carbocycles. The Kier molecular flexibility index (Phi) is 16.0. The third-order valence-electron chi connectivity index (χ3n) is 4.18. The van der Waals surface area contributed by atoms with Crippen molar-refractivity contribution in [2.24, 2.45) is 5.11 Å². The van der Waals surface area contributed by atoms with Gasteiger partial charge >= 0.3 is 11.9 Å². The molecule has 0 saturated carbocycles. The maximum Gasteiger partial charge on any atom is 0.319 e. The van der Waals surface area contributed by atoms with E-state index in [0.29, 0.717) is 17.7 Å². The Morgan fingerprint density at radius 1 is 1.07 bits per heavy atom. The van der Waals surface area contributed by atoms with Crippen molar-refractivity contribution in [3.8, 4) is 0 Å². The number of carbonyl (C=O) groups excluding carboxylic acids is 2. The van der Waals surface area contributed by atoms with Crippen LogP contribution < -0.4 is 0 Å². The summed E-state index contributed by atoms with van der Waals surface area (Å²) in [4.78, 5) is 24.4. The molecule has 0 aromatic rings. The zero-order chi connectivity index (χ0) is 22.4. The number of esters is 2. The summed E-state index contributed by atoms with van der Waals surface area (Å²) in [5.74, 6) is -0.674.